The van der Waals surface area contributed by atoms with E-state index in [4.69, 9.17) is 29.4 Å². The Labute approximate surface area is 217 Å². The fraction of sp³-hybridized carbons (Fsp3) is 0.310. The number of rotatable bonds is 7. The second-order valence-corrected chi connectivity index (χ2v) is 9.34. The van der Waals surface area contributed by atoms with Crippen LogP contribution >= 0.6 is 0 Å². The predicted molar refractivity (Wildman–Crippen MR) is 149 cm³/mol. The molecule has 37 heavy (non-hydrogen) atoms. The summed E-state index contributed by atoms with van der Waals surface area (Å²) in [5, 5.41) is 1.02. The lowest BCUT2D eigenvalue weighted by atomic mass is 10.1. The van der Waals surface area contributed by atoms with Crippen LogP contribution in [0.4, 0.5) is 11.6 Å². The molecule has 0 atom stereocenters. The number of nitrogens with zero attached hydrogens (tertiary/aromatic N) is 6. The van der Waals surface area contributed by atoms with Crippen LogP contribution in [0, 0.1) is 0 Å². The van der Waals surface area contributed by atoms with E-state index in [0.29, 0.717) is 23.1 Å². The number of ether oxygens (including phenoxy) is 2. The number of anilines is 2. The Morgan fingerprint density at radius 1 is 0.892 bits per heavy atom. The maximum Gasteiger partial charge on any atom is 0.161 e. The Bertz CT molecular complexity index is 1460. The average molecular weight is 497 g/mol. The number of hydrogen-bond donors (Lipinski definition) is 0. The highest BCUT2D eigenvalue weighted by Gasteiger charge is 2.18. The van der Waals surface area contributed by atoms with Gasteiger partial charge in [0, 0.05) is 44.2 Å². The monoisotopic (exact) mass is 496 g/mol. The van der Waals surface area contributed by atoms with E-state index in [-0.39, 0.29) is 0 Å². The summed E-state index contributed by atoms with van der Waals surface area (Å²) in [6, 6.07) is 16.0. The number of benzene rings is 2. The summed E-state index contributed by atoms with van der Waals surface area (Å²) >= 11 is 0. The van der Waals surface area contributed by atoms with Crippen LogP contribution in [0.2, 0.25) is 0 Å². The van der Waals surface area contributed by atoms with Crippen LogP contribution in [-0.4, -0.2) is 61.3 Å². The van der Waals surface area contributed by atoms with Gasteiger partial charge in [-0.15, -0.1) is 0 Å². The van der Waals surface area contributed by atoms with Gasteiger partial charge in [-0.05, 0) is 61.7 Å². The van der Waals surface area contributed by atoms with Crippen molar-refractivity contribution in [1.82, 2.24) is 19.9 Å². The van der Waals surface area contributed by atoms with Gasteiger partial charge >= 0.3 is 0 Å². The molecule has 2 aromatic carbocycles. The second kappa shape index (κ2) is 10.4. The Kier molecular flexibility index (Phi) is 6.90. The molecule has 0 N–H and O–H groups in total. The topological polar surface area (TPSA) is 76.5 Å². The normalized spacial score (nSPS) is 13.8. The maximum atomic E-state index is 5.54. The molecule has 1 saturated heterocycles. The fourth-order valence-electron chi connectivity index (χ4n) is 4.60. The van der Waals surface area contributed by atoms with Gasteiger partial charge in [0.25, 0.3) is 0 Å². The standard InChI is InChI=1S/C29H32N6O2/c1-19(28-31-22-11-7-6-10-21(22)29(33-28)34(2)3)16-26-30-23(18-27(32-26)35-14-8-9-15-35)20-12-13-24(36-4)25(17-20)37-5/h6-7,10-13,16-18H,8-9,14-15H2,1-5H3/b19-16-. The first-order valence-corrected chi connectivity index (χ1v) is 12.5. The van der Waals surface area contributed by atoms with E-state index in [2.05, 4.69) is 11.0 Å². The van der Waals surface area contributed by atoms with Gasteiger partial charge in [-0.1, -0.05) is 12.1 Å². The summed E-state index contributed by atoms with van der Waals surface area (Å²) in [5.74, 6) is 4.42. The molecule has 190 valence electrons. The molecule has 0 aliphatic carbocycles. The van der Waals surface area contributed by atoms with Crippen LogP contribution < -0.4 is 19.3 Å². The lowest BCUT2D eigenvalue weighted by Crippen LogP contribution is -2.19. The quantitative estimate of drug-likeness (QED) is 0.340. The van der Waals surface area contributed by atoms with Gasteiger partial charge in [-0.25, -0.2) is 19.9 Å². The molecule has 8 nitrogen and oxygen atoms in total. The van der Waals surface area contributed by atoms with Gasteiger partial charge in [0.2, 0.25) is 0 Å². The zero-order chi connectivity index (χ0) is 25.9. The van der Waals surface area contributed by atoms with Crippen LogP contribution in [-0.2, 0) is 0 Å². The molecular formula is C29H32N6O2. The summed E-state index contributed by atoms with van der Waals surface area (Å²) in [6.07, 6.45) is 4.30. The van der Waals surface area contributed by atoms with Crippen molar-refractivity contribution in [2.45, 2.75) is 19.8 Å². The van der Waals surface area contributed by atoms with E-state index in [0.717, 1.165) is 65.3 Å². The van der Waals surface area contributed by atoms with Crippen LogP contribution in [0.15, 0.2) is 48.5 Å². The molecule has 0 saturated carbocycles. The van der Waals surface area contributed by atoms with Gasteiger partial charge < -0.3 is 19.3 Å². The maximum absolute atomic E-state index is 5.54. The molecule has 1 aliphatic heterocycles. The van der Waals surface area contributed by atoms with Gasteiger partial charge in [-0.3, -0.25) is 0 Å². The lowest BCUT2D eigenvalue weighted by Gasteiger charge is -2.18. The summed E-state index contributed by atoms with van der Waals surface area (Å²) < 4.78 is 11.0. The van der Waals surface area contributed by atoms with E-state index in [1.54, 1.807) is 14.2 Å². The number of para-hydroxylation sites is 1. The van der Waals surface area contributed by atoms with Crippen molar-refractivity contribution in [2.24, 2.45) is 0 Å². The number of allylic oxidation sites excluding steroid dienone is 1. The minimum absolute atomic E-state index is 0.620. The van der Waals surface area contributed by atoms with Gasteiger partial charge in [-0.2, -0.15) is 0 Å². The van der Waals surface area contributed by atoms with E-state index in [1.165, 1.54) is 0 Å². The molecular weight excluding hydrogens is 464 g/mol. The van der Waals surface area contributed by atoms with Crippen molar-refractivity contribution < 1.29 is 9.47 Å². The third-order valence-corrected chi connectivity index (χ3v) is 6.54. The van der Waals surface area contributed by atoms with Crippen molar-refractivity contribution in [2.75, 3.05) is 51.2 Å². The predicted octanol–water partition coefficient (Wildman–Crippen LogP) is 5.33. The molecule has 0 bridgehead atoms. The minimum atomic E-state index is 0.620. The highest BCUT2D eigenvalue weighted by Crippen LogP contribution is 2.33. The van der Waals surface area contributed by atoms with Gasteiger partial charge in [0.05, 0.1) is 25.4 Å². The van der Waals surface area contributed by atoms with Crippen LogP contribution in [0.25, 0.3) is 33.8 Å². The highest BCUT2D eigenvalue weighted by molar-refractivity contribution is 5.91. The molecule has 8 heteroatoms. The van der Waals surface area contributed by atoms with Crippen LogP contribution in [0.3, 0.4) is 0 Å². The van der Waals surface area contributed by atoms with Crippen molar-refractivity contribution in [3.05, 3.63) is 60.2 Å². The molecule has 0 spiro atoms. The first-order chi connectivity index (χ1) is 18.0. The summed E-state index contributed by atoms with van der Waals surface area (Å²) in [4.78, 5) is 23.9. The summed E-state index contributed by atoms with van der Waals surface area (Å²) in [5.41, 5.74) is 3.56. The first-order valence-electron chi connectivity index (χ1n) is 12.5. The van der Waals surface area contributed by atoms with E-state index >= 15 is 0 Å². The summed E-state index contributed by atoms with van der Waals surface area (Å²) in [7, 11) is 7.27. The zero-order valence-corrected chi connectivity index (χ0v) is 22.0. The van der Waals surface area contributed by atoms with E-state index in [9.17, 15) is 0 Å². The number of methoxy groups -OCH3 is 2. The molecule has 1 fully saturated rings. The number of aromatic nitrogens is 4. The fourth-order valence-corrected chi connectivity index (χ4v) is 4.60. The Hall–Kier alpha value is -4.20. The Morgan fingerprint density at radius 2 is 1.65 bits per heavy atom. The summed E-state index contributed by atoms with van der Waals surface area (Å²) in [6.45, 7) is 3.99. The van der Waals surface area contributed by atoms with Crippen molar-refractivity contribution in [3.8, 4) is 22.8 Å². The number of fused-ring (bicyclic) bond motifs is 1. The van der Waals surface area contributed by atoms with Crippen molar-refractivity contribution in [1.29, 1.82) is 0 Å². The van der Waals surface area contributed by atoms with Gasteiger partial charge in [0.15, 0.2) is 23.1 Å². The van der Waals surface area contributed by atoms with Gasteiger partial charge in [0.1, 0.15) is 11.6 Å². The van der Waals surface area contributed by atoms with Crippen molar-refractivity contribution >= 4 is 34.2 Å². The number of hydrogen-bond acceptors (Lipinski definition) is 8. The van der Waals surface area contributed by atoms with E-state index in [1.807, 2.05) is 74.5 Å². The lowest BCUT2D eigenvalue weighted by molar-refractivity contribution is 0.355. The molecule has 4 aromatic rings. The first kappa shape index (κ1) is 24.5. The third kappa shape index (κ3) is 5.05. The highest BCUT2D eigenvalue weighted by atomic mass is 16.5. The smallest absolute Gasteiger partial charge is 0.161 e. The van der Waals surface area contributed by atoms with E-state index < -0.39 is 0 Å². The Morgan fingerprint density at radius 3 is 2.38 bits per heavy atom. The molecule has 0 radical (unpaired) electrons. The third-order valence-electron chi connectivity index (χ3n) is 6.54. The van der Waals surface area contributed by atoms with Crippen LogP contribution in [0.5, 0.6) is 11.5 Å². The molecule has 0 amide bonds. The van der Waals surface area contributed by atoms with Crippen LogP contribution in [0.1, 0.15) is 31.4 Å². The molecule has 0 unspecified atom stereocenters. The van der Waals surface area contributed by atoms with Crippen molar-refractivity contribution in [3.63, 3.8) is 0 Å². The average Bonchev–Trinajstić information content (AvgIpc) is 3.47. The molecule has 5 rings (SSSR count). The second-order valence-electron chi connectivity index (χ2n) is 9.34. The minimum Gasteiger partial charge on any atom is -0.493 e. The Balaban J connectivity index is 1.61. The SMILES string of the molecule is COc1ccc(-c2cc(N3CCCC3)nc(/C=C(/C)c3nc(N(C)C)c4ccccc4n3)n2)cc1OC. The largest absolute Gasteiger partial charge is 0.493 e. The molecule has 3 heterocycles. The molecule has 2 aromatic heterocycles. The molecule has 1 aliphatic rings. The zero-order valence-electron chi connectivity index (χ0n) is 22.0.